The number of ether oxygens (including phenoxy) is 3. The van der Waals surface area contributed by atoms with Gasteiger partial charge < -0.3 is 19.5 Å². The van der Waals surface area contributed by atoms with Gasteiger partial charge in [0.1, 0.15) is 18.4 Å². The van der Waals surface area contributed by atoms with Crippen molar-refractivity contribution in [2.24, 2.45) is 11.0 Å². The Balaban J connectivity index is 2.07. The van der Waals surface area contributed by atoms with E-state index < -0.39 is 24.0 Å². The summed E-state index contributed by atoms with van der Waals surface area (Å²) in [5, 5.41) is 7.51. The molecule has 0 heterocycles. The predicted octanol–water partition coefficient (Wildman–Crippen LogP) is 5.78. The lowest BCUT2D eigenvalue weighted by Gasteiger charge is -2.22. The number of carbonyl (C=O) groups excluding carboxylic acids is 2. The van der Waals surface area contributed by atoms with Crippen LogP contribution in [0.1, 0.15) is 32.8 Å². The van der Waals surface area contributed by atoms with Gasteiger partial charge in [0, 0.05) is 5.02 Å². The Morgan fingerprint density at radius 2 is 1.86 bits per heavy atom. The molecule has 0 saturated carbocycles. The molecule has 2 N–H and O–H groups in total. The van der Waals surface area contributed by atoms with Crippen LogP contribution in [-0.2, 0) is 9.59 Å². The number of rotatable bonds is 13. The Kier molecular flexibility index (Phi) is 12.2. The molecule has 200 valence electrons. The summed E-state index contributed by atoms with van der Waals surface area (Å²) >= 11 is 15.5. The molecule has 0 saturated heterocycles. The second-order valence-electron chi connectivity index (χ2n) is 8.39. The summed E-state index contributed by atoms with van der Waals surface area (Å²) in [4.78, 5) is 25.6. The van der Waals surface area contributed by atoms with Crippen LogP contribution in [0.2, 0.25) is 10.0 Å². The van der Waals surface area contributed by atoms with E-state index in [9.17, 15) is 9.59 Å². The SMILES string of the molecule is C=CCOc1c(Br)cc(/C=N\NC(=O)[C@H](CC(C)C)NC(=O)[C@@H](C)Oc2ccc(Cl)cc2Cl)cc1OC. The number of hydrogen-bond donors (Lipinski definition) is 2. The van der Waals surface area contributed by atoms with Crippen LogP contribution >= 0.6 is 39.1 Å². The molecule has 0 aliphatic rings. The molecule has 11 heteroatoms. The second kappa shape index (κ2) is 14.9. The fourth-order valence-electron chi connectivity index (χ4n) is 3.15. The van der Waals surface area contributed by atoms with E-state index in [1.165, 1.54) is 19.4 Å². The van der Waals surface area contributed by atoms with Crippen molar-refractivity contribution in [1.82, 2.24) is 10.7 Å². The molecule has 0 spiro atoms. The van der Waals surface area contributed by atoms with Gasteiger partial charge in [0.25, 0.3) is 11.8 Å². The summed E-state index contributed by atoms with van der Waals surface area (Å²) < 4.78 is 17.3. The molecular formula is C26H30BrCl2N3O5. The highest BCUT2D eigenvalue weighted by Gasteiger charge is 2.25. The number of methoxy groups -OCH3 is 1. The van der Waals surface area contributed by atoms with Crippen molar-refractivity contribution in [2.45, 2.75) is 39.3 Å². The van der Waals surface area contributed by atoms with Crippen molar-refractivity contribution in [3.8, 4) is 17.2 Å². The Bertz CT molecular complexity index is 1140. The molecule has 0 aliphatic carbocycles. The summed E-state index contributed by atoms with van der Waals surface area (Å²) in [6, 6.07) is 7.36. The number of nitrogens with zero attached hydrogens (tertiary/aromatic N) is 1. The monoisotopic (exact) mass is 613 g/mol. The van der Waals surface area contributed by atoms with Crippen LogP contribution in [0.3, 0.4) is 0 Å². The average Bonchev–Trinajstić information content (AvgIpc) is 2.83. The highest BCUT2D eigenvalue weighted by Crippen LogP contribution is 2.36. The lowest BCUT2D eigenvalue weighted by molar-refractivity contribution is -0.132. The first-order chi connectivity index (χ1) is 17.5. The second-order valence-corrected chi connectivity index (χ2v) is 10.1. The molecule has 2 atom stereocenters. The molecule has 0 aromatic heterocycles. The van der Waals surface area contributed by atoms with Crippen molar-refractivity contribution in [3.05, 3.63) is 63.1 Å². The first-order valence-corrected chi connectivity index (χ1v) is 13.0. The summed E-state index contributed by atoms with van der Waals surface area (Å²) in [6.07, 6.45) is 2.58. The van der Waals surface area contributed by atoms with E-state index in [0.717, 1.165) is 0 Å². The van der Waals surface area contributed by atoms with Crippen molar-refractivity contribution in [3.63, 3.8) is 0 Å². The fourth-order valence-corrected chi connectivity index (χ4v) is 4.18. The van der Waals surface area contributed by atoms with Crippen molar-refractivity contribution < 1.29 is 23.8 Å². The summed E-state index contributed by atoms with van der Waals surface area (Å²) in [7, 11) is 1.52. The van der Waals surface area contributed by atoms with Gasteiger partial charge in [0.2, 0.25) is 0 Å². The predicted molar refractivity (Wildman–Crippen MR) is 150 cm³/mol. The minimum Gasteiger partial charge on any atom is -0.493 e. The number of amides is 2. The highest BCUT2D eigenvalue weighted by molar-refractivity contribution is 9.10. The molecular weight excluding hydrogens is 585 g/mol. The zero-order chi connectivity index (χ0) is 27.5. The molecule has 0 bridgehead atoms. The maximum absolute atomic E-state index is 12.9. The van der Waals surface area contributed by atoms with E-state index in [1.807, 2.05) is 13.8 Å². The van der Waals surface area contributed by atoms with Crippen LogP contribution < -0.4 is 25.0 Å². The molecule has 2 aromatic rings. The van der Waals surface area contributed by atoms with Gasteiger partial charge in [-0.15, -0.1) is 0 Å². The van der Waals surface area contributed by atoms with Crippen LogP contribution in [0.15, 0.2) is 52.6 Å². The smallest absolute Gasteiger partial charge is 0.262 e. The first kappa shape index (κ1) is 30.5. The van der Waals surface area contributed by atoms with Gasteiger partial charge in [-0.2, -0.15) is 5.10 Å². The number of benzene rings is 2. The van der Waals surface area contributed by atoms with Gasteiger partial charge >= 0.3 is 0 Å². The molecule has 0 radical (unpaired) electrons. The maximum Gasteiger partial charge on any atom is 0.262 e. The molecule has 0 unspecified atom stereocenters. The van der Waals surface area contributed by atoms with Crippen LogP contribution in [0.25, 0.3) is 0 Å². The van der Waals surface area contributed by atoms with E-state index in [4.69, 9.17) is 37.4 Å². The van der Waals surface area contributed by atoms with Crippen LogP contribution in [0, 0.1) is 5.92 Å². The van der Waals surface area contributed by atoms with E-state index in [2.05, 4.69) is 38.4 Å². The molecule has 2 amide bonds. The van der Waals surface area contributed by atoms with Crippen LogP contribution in [0.4, 0.5) is 0 Å². The topological polar surface area (TPSA) is 98.2 Å². The number of hydrogen-bond acceptors (Lipinski definition) is 6. The van der Waals surface area contributed by atoms with E-state index in [0.29, 0.717) is 45.3 Å². The zero-order valence-electron chi connectivity index (χ0n) is 21.0. The lowest BCUT2D eigenvalue weighted by Crippen LogP contribution is -2.49. The van der Waals surface area contributed by atoms with Crippen LogP contribution in [-0.4, -0.2) is 43.9 Å². The minimum absolute atomic E-state index is 0.130. The summed E-state index contributed by atoms with van der Waals surface area (Å²) in [6.45, 7) is 9.41. The summed E-state index contributed by atoms with van der Waals surface area (Å²) in [5.74, 6) is 0.519. The van der Waals surface area contributed by atoms with Crippen LogP contribution in [0.5, 0.6) is 17.2 Å². The molecule has 37 heavy (non-hydrogen) atoms. The van der Waals surface area contributed by atoms with Gasteiger partial charge in [-0.3, -0.25) is 9.59 Å². The van der Waals surface area contributed by atoms with E-state index >= 15 is 0 Å². The Morgan fingerprint density at radius 3 is 2.49 bits per heavy atom. The Labute approximate surface area is 235 Å². The molecule has 0 aliphatic heterocycles. The lowest BCUT2D eigenvalue weighted by atomic mass is 10.0. The maximum atomic E-state index is 12.9. The number of carbonyl (C=O) groups is 2. The highest BCUT2D eigenvalue weighted by atomic mass is 79.9. The molecule has 2 rings (SSSR count). The zero-order valence-corrected chi connectivity index (χ0v) is 24.1. The van der Waals surface area contributed by atoms with Gasteiger partial charge in [0.15, 0.2) is 17.6 Å². The quantitative estimate of drug-likeness (QED) is 0.169. The van der Waals surface area contributed by atoms with Crippen molar-refractivity contribution >= 4 is 57.2 Å². The largest absolute Gasteiger partial charge is 0.493 e. The van der Waals surface area contributed by atoms with E-state index in [-0.39, 0.29) is 10.9 Å². The standard InChI is InChI=1S/C26H30BrCl2N3O5/c1-6-9-36-24-19(27)11-17(12-23(24)35-5)14-30-32-26(34)21(10-15(2)3)31-25(33)16(4)37-22-8-7-18(28)13-20(22)29/h6-8,11-16,21H,1,9-10H2,2-5H3,(H,31,33)(H,32,34)/b30-14-/t16-,21+/m1/s1. The number of nitrogens with one attached hydrogen (secondary N) is 2. The molecule has 2 aromatic carbocycles. The van der Waals surface area contributed by atoms with Crippen molar-refractivity contribution in [2.75, 3.05) is 13.7 Å². The Morgan fingerprint density at radius 1 is 1.14 bits per heavy atom. The Hall–Kier alpha value is -2.75. The van der Waals surface area contributed by atoms with Gasteiger partial charge in [0.05, 0.1) is 22.8 Å². The number of hydrazone groups is 1. The average molecular weight is 615 g/mol. The summed E-state index contributed by atoms with van der Waals surface area (Å²) in [5.41, 5.74) is 3.14. The third-order valence-corrected chi connectivity index (χ3v) is 6.01. The van der Waals surface area contributed by atoms with Gasteiger partial charge in [-0.1, -0.05) is 49.7 Å². The van der Waals surface area contributed by atoms with Crippen molar-refractivity contribution in [1.29, 1.82) is 0 Å². The third kappa shape index (κ3) is 9.57. The number of halogens is 3. The van der Waals surface area contributed by atoms with Gasteiger partial charge in [-0.05, 0) is 71.1 Å². The molecule has 0 fully saturated rings. The molecule has 8 nitrogen and oxygen atoms in total. The fraction of sp³-hybridized carbons (Fsp3) is 0.346. The minimum atomic E-state index is -0.906. The third-order valence-electron chi connectivity index (χ3n) is 4.89. The van der Waals surface area contributed by atoms with Gasteiger partial charge in [-0.25, -0.2) is 5.43 Å². The van der Waals surface area contributed by atoms with E-state index in [1.54, 1.807) is 37.3 Å². The normalized spacial score (nSPS) is 12.6. The first-order valence-electron chi connectivity index (χ1n) is 11.4.